The van der Waals surface area contributed by atoms with E-state index in [4.69, 9.17) is 9.47 Å². The maximum atomic E-state index is 12.1. The summed E-state index contributed by atoms with van der Waals surface area (Å²) in [7, 11) is 0. The Morgan fingerprint density at radius 3 is 2.71 bits per heavy atom. The summed E-state index contributed by atoms with van der Waals surface area (Å²) in [6.45, 7) is 8.30. The van der Waals surface area contributed by atoms with Crippen molar-refractivity contribution in [3.05, 3.63) is 0 Å². The summed E-state index contributed by atoms with van der Waals surface area (Å²) in [5, 5.41) is 9.32. The molecule has 0 aromatic rings. The summed E-state index contributed by atoms with van der Waals surface area (Å²) in [4.78, 5) is 13.7. The molecule has 17 heavy (non-hydrogen) atoms. The molecule has 1 amide bonds. The van der Waals surface area contributed by atoms with Crippen molar-refractivity contribution in [2.24, 2.45) is 0 Å². The Kier molecular flexibility index (Phi) is 4.77. The first-order valence-corrected chi connectivity index (χ1v) is 6.05. The van der Waals surface area contributed by atoms with E-state index in [9.17, 15) is 9.90 Å². The first kappa shape index (κ1) is 14.3. The van der Waals surface area contributed by atoms with Gasteiger partial charge in [0.1, 0.15) is 5.60 Å². The highest BCUT2D eigenvalue weighted by atomic mass is 16.6. The van der Waals surface area contributed by atoms with Gasteiger partial charge in [-0.25, -0.2) is 4.79 Å². The van der Waals surface area contributed by atoms with E-state index in [-0.39, 0.29) is 24.8 Å². The molecule has 5 heteroatoms. The van der Waals surface area contributed by atoms with Crippen LogP contribution in [0.4, 0.5) is 4.79 Å². The van der Waals surface area contributed by atoms with Gasteiger partial charge in [-0.15, -0.1) is 0 Å². The lowest BCUT2D eigenvalue weighted by Crippen LogP contribution is -2.50. The Morgan fingerprint density at radius 1 is 1.53 bits per heavy atom. The van der Waals surface area contributed by atoms with Crippen molar-refractivity contribution in [1.82, 2.24) is 4.90 Å². The summed E-state index contributed by atoms with van der Waals surface area (Å²) in [6.07, 6.45) is 0.380. The first-order valence-electron chi connectivity index (χ1n) is 6.05. The number of ether oxygens (including phenoxy) is 2. The van der Waals surface area contributed by atoms with Crippen molar-refractivity contribution in [3.63, 3.8) is 0 Å². The van der Waals surface area contributed by atoms with Crippen molar-refractivity contribution >= 4 is 6.09 Å². The van der Waals surface area contributed by atoms with Gasteiger partial charge in [0.25, 0.3) is 0 Å². The van der Waals surface area contributed by atoms with Gasteiger partial charge >= 0.3 is 6.09 Å². The van der Waals surface area contributed by atoms with E-state index in [1.165, 1.54) is 0 Å². The van der Waals surface area contributed by atoms with Gasteiger partial charge in [-0.1, -0.05) is 0 Å². The first-order chi connectivity index (χ1) is 7.85. The van der Waals surface area contributed by atoms with E-state index in [1.807, 2.05) is 27.7 Å². The van der Waals surface area contributed by atoms with E-state index in [2.05, 4.69) is 0 Å². The Bertz CT molecular complexity index is 262. The number of hydrogen-bond donors (Lipinski definition) is 1. The molecule has 1 heterocycles. The normalized spacial score (nSPS) is 26.5. The Labute approximate surface area is 103 Å². The third-order valence-corrected chi connectivity index (χ3v) is 2.67. The largest absolute Gasteiger partial charge is 0.444 e. The quantitative estimate of drug-likeness (QED) is 0.758. The van der Waals surface area contributed by atoms with Crippen LogP contribution >= 0.6 is 0 Å². The van der Waals surface area contributed by atoms with Crippen LogP contribution in [0.15, 0.2) is 0 Å². The number of carbonyl (C=O) groups excluding carboxylic acids is 1. The molecule has 1 rings (SSSR count). The van der Waals surface area contributed by atoms with Crippen LogP contribution < -0.4 is 0 Å². The van der Waals surface area contributed by atoms with Crippen LogP contribution in [-0.4, -0.2) is 53.6 Å². The molecule has 100 valence electrons. The molecule has 0 saturated carbocycles. The number of nitrogens with zero attached hydrogens (tertiary/aromatic N) is 1. The summed E-state index contributed by atoms with van der Waals surface area (Å²) in [5.41, 5.74) is -0.524. The topological polar surface area (TPSA) is 59.0 Å². The second-order valence-electron chi connectivity index (χ2n) is 5.44. The van der Waals surface area contributed by atoms with E-state index in [1.54, 1.807) is 4.90 Å². The minimum absolute atomic E-state index is 0.0181. The molecule has 0 bridgehead atoms. The second-order valence-corrected chi connectivity index (χ2v) is 5.44. The molecule has 0 aliphatic carbocycles. The zero-order valence-corrected chi connectivity index (χ0v) is 11.1. The van der Waals surface area contributed by atoms with Crippen molar-refractivity contribution in [1.29, 1.82) is 0 Å². The highest BCUT2D eigenvalue weighted by Crippen LogP contribution is 2.18. The van der Waals surface area contributed by atoms with Crippen LogP contribution in [0.25, 0.3) is 0 Å². The second kappa shape index (κ2) is 5.69. The zero-order valence-electron chi connectivity index (χ0n) is 11.1. The maximum absolute atomic E-state index is 12.1. The van der Waals surface area contributed by atoms with Gasteiger partial charge in [-0.05, 0) is 34.1 Å². The average molecular weight is 245 g/mol. The van der Waals surface area contributed by atoms with Crippen molar-refractivity contribution in [2.45, 2.75) is 51.8 Å². The average Bonchev–Trinajstić information content (AvgIpc) is 2.36. The molecule has 0 unspecified atom stereocenters. The Morgan fingerprint density at radius 2 is 2.18 bits per heavy atom. The summed E-state index contributed by atoms with van der Waals surface area (Å²) >= 11 is 0. The Hall–Kier alpha value is -0.810. The van der Waals surface area contributed by atoms with Gasteiger partial charge in [0.2, 0.25) is 0 Å². The number of aliphatic hydroxyl groups excluding tert-OH is 1. The molecular formula is C12H23NO4. The highest BCUT2D eigenvalue weighted by molar-refractivity contribution is 5.69. The number of rotatable bonds is 1. The highest BCUT2D eigenvalue weighted by Gasteiger charge is 2.33. The standard InChI is InChI=1S/C12H23NO4/c1-9-5-6-16-8-10(7-14)13(9)11(15)17-12(2,3)4/h9-10,14H,5-8H2,1-4H3/t9-,10+/m0/s1. The Balaban J connectivity index is 2.77. The van der Waals surface area contributed by atoms with Gasteiger partial charge in [-0.2, -0.15) is 0 Å². The fourth-order valence-electron chi connectivity index (χ4n) is 1.84. The molecule has 0 spiro atoms. The van der Waals surface area contributed by atoms with Crippen molar-refractivity contribution in [2.75, 3.05) is 19.8 Å². The smallest absolute Gasteiger partial charge is 0.410 e. The predicted molar refractivity (Wildman–Crippen MR) is 63.8 cm³/mol. The van der Waals surface area contributed by atoms with Gasteiger partial charge in [-0.3, -0.25) is 4.90 Å². The van der Waals surface area contributed by atoms with Crippen LogP contribution in [0.5, 0.6) is 0 Å². The van der Waals surface area contributed by atoms with Crippen LogP contribution in [0.3, 0.4) is 0 Å². The summed E-state index contributed by atoms with van der Waals surface area (Å²) in [5.74, 6) is 0. The number of aliphatic hydroxyl groups is 1. The molecule has 0 radical (unpaired) electrons. The molecule has 1 saturated heterocycles. The van der Waals surface area contributed by atoms with Crippen molar-refractivity contribution in [3.8, 4) is 0 Å². The van der Waals surface area contributed by atoms with E-state index >= 15 is 0 Å². The lowest BCUT2D eigenvalue weighted by molar-refractivity contribution is -0.00528. The fraction of sp³-hybridized carbons (Fsp3) is 0.917. The van der Waals surface area contributed by atoms with E-state index < -0.39 is 5.60 Å². The molecule has 2 atom stereocenters. The molecule has 5 nitrogen and oxygen atoms in total. The van der Waals surface area contributed by atoms with Crippen LogP contribution in [0.2, 0.25) is 0 Å². The molecule has 1 N–H and O–H groups in total. The van der Waals surface area contributed by atoms with Gasteiger partial charge in [0.05, 0.1) is 19.3 Å². The molecule has 0 aromatic carbocycles. The van der Waals surface area contributed by atoms with Crippen molar-refractivity contribution < 1.29 is 19.4 Å². The van der Waals surface area contributed by atoms with Gasteiger partial charge in [0, 0.05) is 12.6 Å². The summed E-state index contributed by atoms with van der Waals surface area (Å²) in [6, 6.07) is -0.299. The van der Waals surface area contributed by atoms with E-state index in [0.717, 1.165) is 6.42 Å². The molecule has 1 aliphatic rings. The third kappa shape index (κ3) is 4.16. The molecule has 0 aromatic heterocycles. The van der Waals surface area contributed by atoms with E-state index in [0.29, 0.717) is 13.2 Å². The third-order valence-electron chi connectivity index (χ3n) is 2.67. The van der Waals surface area contributed by atoms with Gasteiger partial charge < -0.3 is 14.6 Å². The number of amides is 1. The zero-order chi connectivity index (χ0) is 13.1. The monoisotopic (exact) mass is 245 g/mol. The maximum Gasteiger partial charge on any atom is 0.410 e. The minimum atomic E-state index is -0.524. The number of hydrogen-bond acceptors (Lipinski definition) is 4. The fourth-order valence-corrected chi connectivity index (χ4v) is 1.84. The summed E-state index contributed by atoms with van der Waals surface area (Å²) < 4.78 is 10.7. The van der Waals surface area contributed by atoms with Crippen LogP contribution in [0, 0.1) is 0 Å². The van der Waals surface area contributed by atoms with Crippen LogP contribution in [-0.2, 0) is 9.47 Å². The predicted octanol–water partition coefficient (Wildman–Crippen LogP) is 1.39. The lowest BCUT2D eigenvalue weighted by atomic mass is 10.1. The van der Waals surface area contributed by atoms with Gasteiger partial charge in [0.15, 0.2) is 0 Å². The molecule has 1 aliphatic heterocycles. The molecular weight excluding hydrogens is 222 g/mol. The lowest BCUT2D eigenvalue weighted by Gasteiger charge is -2.34. The minimum Gasteiger partial charge on any atom is -0.444 e. The number of carbonyl (C=O) groups is 1. The molecule has 1 fully saturated rings. The SMILES string of the molecule is C[C@H]1CCOC[C@@H](CO)N1C(=O)OC(C)(C)C. The van der Waals surface area contributed by atoms with Crippen LogP contribution in [0.1, 0.15) is 34.1 Å².